The van der Waals surface area contributed by atoms with Crippen LogP contribution in [0.15, 0.2) is 58.4 Å². The Balaban J connectivity index is 0.000000305. The van der Waals surface area contributed by atoms with Gasteiger partial charge in [0.25, 0.3) is 0 Å². The third kappa shape index (κ3) is 9.98. The number of carbonyl (C=O) groups excluding carboxylic acids is 2. The first-order valence-corrected chi connectivity index (χ1v) is 14.9. The quantitative estimate of drug-likeness (QED) is 0.128. The number of aromatic carboxylic acids is 1. The number of nitrogens with two attached hydrogens (primary N) is 3. The number of aryl methyl sites for hydroxylation is 3. The van der Waals surface area contributed by atoms with E-state index in [0.29, 0.717) is 21.7 Å². The van der Waals surface area contributed by atoms with Crippen molar-refractivity contribution in [3.63, 3.8) is 0 Å². The number of aliphatic imine (C=N–C) groups is 1. The van der Waals surface area contributed by atoms with E-state index in [1.807, 2.05) is 19.1 Å². The van der Waals surface area contributed by atoms with E-state index in [0.717, 1.165) is 16.0 Å². The van der Waals surface area contributed by atoms with E-state index in [1.54, 1.807) is 64.1 Å². The molecule has 0 aliphatic heterocycles. The number of carbonyl (C=O) groups is 3. The van der Waals surface area contributed by atoms with Crippen molar-refractivity contribution in [2.75, 3.05) is 0 Å². The van der Waals surface area contributed by atoms with Crippen LogP contribution in [0.5, 0.6) is 0 Å². The standard InChI is InChI=1S/C16H24N2O5S.C12H11N3O2S/c1-9(2)23-14(19)8-13(16(17)20)18-24(21,22)15-11(4)6-10(3)7-12(15)5;13-12(14)15-8-3-1-2-7(6-8)9-4-5-10(18-9)11(16)17/h6-7,9,13,18H,8H2,1-5H3,(H2,17,20);1-6H,(H,16,17)(H4,13,14,15). The van der Waals surface area contributed by atoms with Gasteiger partial charge >= 0.3 is 11.9 Å². The molecule has 0 spiro atoms. The zero-order valence-corrected chi connectivity index (χ0v) is 25.5. The molecular weight excluding hydrogens is 582 g/mol. The van der Waals surface area contributed by atoms with E-state index < -0.39 is 40.3 Å². The summed E-state index contributed by atoms with van der Waals surface area (Å²) in [4.78, 5) is 39.3. The molecule has 0 aliphatic rings. The third-order valence-corrected chi connectivity index (χ3v) is 8.36. The number of sulfonamides is 1. The molecule has 2 aromatic carbocycles. The van der Waals surface area contributed by atoms with E-state index in [-0.39, 0.29) is 17.0 Å². The highest BCUT2D eigenvalue weighted by molar-refractivity contribution is 7.89. The number of thiophene rings is 1. The zero-order chi connectivity index (χ0) is 31.8. The average Bonchev–Trinajstić information content (AvgIpc) is 3.33. The molecule has 1 heterocycles. The molecule has 0 fully saturated rings. The van der Waals surface area contributed by atoms with Gasteiger partial charge in [0.1, 0.15) is 10.9 Å². The summed E-state index contributed by atoms with van der Waals surface area (Å²) in [5.74, 6) is -2.58. The minimum atomic E-state index is -4.02. The van der Waals surface area contributed by atoms with E-state index in [9.17, 15) is 22.8 Å². The van der Waals surface area contributed by atoms with Crippen molar-refractivity contribution in [3.05, 3.63) is 70.1 Å². The Hall–Kier alpha value is -4.27. The lowest BCUT2D eigenvalue weighted by molar-refractivity contribution is -0.149. The highest BCUT2D eigenvalue weighted by Gasteiger charge is 2.29. The van der Waals surface area contributed by atoms with Crippen LogP contribution in [0.1, 0.15) is 46.6 Å². The first kappa shape index (κ1) is 33.9. The van der Waals surface area contributed by atoms with Crippen molar-refractivity contribution in [1.82, 2.24) is 4.72 Å². The zero-order valence-electron chi connectivity index (χ0n) is 23.9. The number of carboxylic acids is 1. The summed E-state index contributed by atoms with van der Waals surface area (Å²) in [6.45, 7) is 8.50. The molecular formula is C28H35N5O7S2. The van der Waals surface area contributed by atoms with Crippen molar-refractivity contribution >= 4 is 50.9 Å². The van der Waals surface area contributed by atoms with Gasteiger partial charge in [-0.05, 0) is 75.6 Å². The summed E-state index contributed by atoms with van der Waals surface area (Å²) in [5.41, 5.74) is 19.4. The van der Waals surface area contributed by atoms with Crippen LogP contribution in [0.25, 0.3) is 10.4 Å². The van der Waals surface area contributed by atoms with Gasteiger partial charge in [0.15, 0.2) is 5.96 Å². The lowest BCUT2D eigenvalue weighted by Crippen LogP contribution is -2.46. The summed E-state index contributed by atoms with van der Waals surface area (Å²) < 4.78 is 32.4. The van der Waals surface area contributed by atoms with Crippen LogP contribution >= 0.6 is 11.3 Å². The van der Waals surface area contributed by atoms with Gasteiger partial charge in [0.2, 0.25) is 15.9 Å². The highest BCUT2D eigenvalue weighted by Crippen LogP contribution is 2.30. The molecule has 3 rings (SSSR count). The number of primary amides is 1. The first-order valence-electron chi connectivity index (χ1n) is 12.6. The van der Waals surface area contributed by atoms with Crippen LogP contribution < -0.4 is 21.9 Å². The molecule has 226 valence electrons. The molecule has 0 saturated heterocycles. The van der Waals surface area contributed by atoms with Crippen LogP contribution in [0.4, 0.5) is 5.69 Å². The number of guanidine groups is 1. The van der Waals surface area contributed by atoms with Gasteiger partial charge in [0, 0.05) is 4.88 Å². The predicted octanol–water partition coefficient (Wildman–Crippen LogP) is 3.10. The highest BCUT2D eigenvalue weighted by atomic mass is 32.2. The summed E-state index contributed by atoms with van der Waals surface area (Å²) in [5, 5.41) is 8.87. The molecule has 3 aromatic rings. The Bertz CT molecular complexity index is 1570. The van der Waals surface area contributed by atoms with Crippen molar-refractivity contribution in [1.29, 1.82) is 0 Å². The number of amides is 1. The van der Waals surface area contributed by atoms with E-state index in [4.69, 9.17) is 27.0 Å². The molecule has 1 atom stereocenters. The maximum absolute atomic E-state index is 12.6. The third-order valence-electron chi connectivity index (χ3n) is 5.46. The summed E-state index contributed by atoms with van der Waals surface area (Å²) in [6, 6.07) is 12.7. The topological polar surface area (TPSA) is 217 Å². The number of ether oxygens (including phenoxy) is 1. The Morgan fingerprint density at radius 1 is 1.00 bits per heavy atom. The van der Waals surface area contributed by atoms with Gasteiger partial charge < -0.3 is 27.0 Å². The van der Waals surface area contributed by atoms with Gasteiger partial charge in [-0.25, -0.2) is 18.2 Å². The maximum atomic E-state index is 12.6. The molecule has 1 aromatic heterocycles. The van der Waals surface area contributed by atoms with Crippen molar-refractivity contribution < 1.29 is 32.6 Å². The fourth-order valence-electron chi connectivity index (χ4n) is 4.00. The van der Waals surface area contributed by atoms with Crippen LogP contribution in [0, 0.1) is 20.8 Å². The van der Waals surface area contributed by atoms with Crippen LogP contribution in [-0.2, 0) is 24.3 Å². The van der Waals surface area contributed by atoms with Crippen molar-refractivity contribution in [3.8, 4) is 10.4 Å². The second-order valence-corrected chi connectivity index (χ2v) is 12.3. The number of nitrogens with zero attached hydrogens (tertiary/aromatic N) is 1. The molecule has 42 heavy (non-hydrogen) atoms. The Labute approximate surface area is 248 Å². The van der Waals surface area contributed by atoms with Crippen LogP contribution in [-0.4, -0.2) is 49.5 Å². The molecule has 0 aliphatic carbocycles. The largest absolute Gasteiger partial charge is 0.477 e. The number of benzene rings is 2. The smallest absolute Gasteiger partial charge is 0.345 e. The van der Waals surface area contributed by atoms with Crippen LogP contribution in [0.3, 0.4) is 0 Å². The monoisotopic (exact) mass is 617 g/mol. The number of nitrogens with one attached hydrogen (secondary N) is 1. The second-order valence-electron chi connectivity index (χ2n) is 9.60. The summed E-state index contributed by atoms with van der Waals surface area (Å²) >= 11 is 1.21. The van der Waals surface area contributed by atoms with Gasteiger partial charge in [-0.2, -0.15) is 4.72 Å². The van der Waals surface area contributed by atoms with Gasteiger partial charge in [-0.3, -0.25) is 9.59 Å². The first-order chi connectivity index (χ1) is 19.5. The lowest BCUT2D eigenvalue weighted by atomic mass is 10.1. The van der Waals surface area contributed by atoms with Crippen LogP contribution in [0.2, 0.25) is 0 Å². The number of carboxylic acid groups (broad SMARTS) is 1. The molecule has 1 amide bonds. The SMILES string of the molecule is Cc1cc(C)c(S(=O)(=O)NC(CC(=O)OC(C)C)C(N)=O)c(C)c1.NC(N)=Nc1cccc(-c2ccc(C(=O)O)s2)c1. The molecule has 0 saturated carbocycles. The Kier molecular flexibility index (Phi) is 11.8. The number of hydrogen-bond donors (Lipinski definition) is 5. The van der Waals surface area contributed by atoms with Crippen molar-refractivity contribution in [2.24, 2.45) is 22.2 Å². The normalized spacial score (nSPS) is 11.7. The minimum Gasteiger partial charge on any atom is -0.477 e. The van der Waals surface area contributed by atoms with Gasteiger partial charge in [0.05, 0.1) is 23.1 Å². The lowest BCUT2D eigenvalue weighted by Gasteiger charge is -2.18. The number of rotatable bonds is 10. The molecule has 14 heteroatoms. The second kappa shape index (κ2) is 14.6. The van der Waals surface area contributed by atoms with Gasteiger partial charge in [-0.1, -0.05) is 29.8 Å². The maximum Gasteiger partial charge on any atom is 0.345 e. The molecule has 1 unspecified atom stereocenters. The minimum absolute atomic E-state index is 0.00967. The molecule has 0 bridgehead atoms. The predicted molar refractivity (Wildman–Crippen MR) is 162 cm³/mol. The molecule has 0 radical (unpaired) electrons. The molecule has 8 N–H and O–H groups in total. The molecule has 12 nitrogen and oxygen atoms in total. The fraction of sp³-hybridized carbons (Fsp3) is 0.286. The number of hydrogen-bond acceptors (Lipinski definition) is 8. The fourth-order valence-corrected chi connectivity index (χ4v) is 6.50. The summed E-state index contributed by atoms with van der Waals surface area (Å²) in [7, 11) is -4.02. The Morgan fingerprint density at radius 2 is 1.62 bits per heavy atom. The van der Waals surface area contributed by atoms with E-state index in [1.165, 1.54) is 11.3 Å². The number of esters is 1. The summed E-state index contributed by atoms with van der Waals surface area (Å²) in [6.07, 6.45) is -0.833. The average molecular weight is 618 g/mol. The van der Waals surface area contributed by atoms with E-state index >= 15 is 0 Å². The Morgan fingerprint density at radius 3 is 2.12 bits per heavy atom. The van der Waals surface area contributed by atoms with Gasteiger partial charge in [-0.15, -0.1) is 11.3 Å². The van der Waals surface area contributed by atoms with E-state index in [2.05, 4.69) is 9.71 Å². The van der Waals surface area contributed by atoms with Crippen molar-refractivity contribution in [2.45, 2.75) is 58.1 Å².